The van der Waals surface area contributed by atoms with Crippen LogP contribution in [0.15, 0.2) is 54.6 Å². The third kappa shape index (κ3) is 2.72. The summed E-state index contributed by atoms with van der Waals surface area (Å²) in [7, 11) is 1.27. The van der Waals surface area contributed by atoms with Crippen LogP contribution >= 0.6 is 0 Å². The highest BCUT2D eigenvalue weighted by Crippen LogP contribution is 2.26. The molecule has 3 rings (SSSR count). The van der Waals surface area contributed by atoms with Gasteiger partial charge in [0, 0.05) is 17.7 Å². The van der Waals surface area contributed by atoms with Gasteiger partial charge in [0.15, 0.2) is 5.69 Å². The summed E-state index contributed by atoms with van der Waals surface area (Å²) in [5, 5.41) is 18.7. The molecular formula is C16H12N4O4. The standard InChI is InChI=1S/C16H12N4O4/c1-24-16(21)14-15(11-5-3-2-4-6-11)19(18-17-14)12-7-9-13(10-8-12)20(22)23/h2-10H,1H3. The molecule has 0 unspecified atom stereocenters. The summed E-state index contributed by atoms with van der Waals surface area (Å²) in [5.74, 6) is -0.609. The van der Waals surface area contributed by atoms with Crippen molar-refractivity contribution in [1.29, 1.82) is 0 Å². The number of benzene rings is 2. The fourth-order valence-corrected chi connectivity index (χ4v) is 2.27. The quantitative estimate of drug-likeness (QED) is 0.415. The maximum absolute atomic E-state index is 12.0. The Hall–Kier alpha value is -3.55. The average molecular weight is 324 g/mol. The number of nitrogens with zero attached hydrogens (tertiary/aromatic N) is 4. The molecule has 0 amide bonds. The van der Waals surface area contributed by atoms with Gasteiger partial charge >= 0.3 is 5.97 Å². The molecule has 0 radical (unpaired) electrons. The molecule has 0 saturated heterocycles. The van der Waals surface area contributed by atoms with Gasteiger partial charge in [-0.05, 0) is 12.1 Å². The lowest BCUT2D eigenvalue weighted by Gasteiger charge is -2.07. The number of nitro groups is 1. The topological polar surface area (TPSA) is 100 Å². The number of aromatic nitrogens is 3. The van der Waals surface area contributed by atoms with Crippen LogP contribution in [0.2, 0.25) is 0 Å². The Bertz CT molecular complexity index is 888. The molecule has 0 atom stereocenters. The molecule has 0 N–H and O–H groups in total. The van der Waals surface area contributed by atoms with Crippen molar-refractivity contribution in [3.63, 3.8) is 0 Å². The first-order valence-electron chi connectivity index (χ1n) is 6.96. The lowest BCUT2D eigenvalue weighted by Crippen LogP contribution is -2.05. The molecule has 1 aromatic heterocycles. The van der Waals surface area contributed by atoms with Gasteiger partial charge in [-0.1, -0.05) is 35.5 Å². The lowest BCUT2D eigenvalue weighted by atomic mass is 10.1. The Morgan fingerprint density at radius 3 is 2.38 bits per heavy atom. The molecule has 0 bridgehead atoms. The Kier molecular flexibility index (Phi) is 4.02. The summed E-state index contributed by atoms with van der Waals surface area (Å²) in [6.45, 7) is 0. The lowest BCUT2D eigenvalue weighted by molar-refractivity contribution is -0.384. The molecule has 2 aromatic carbocycles. The van der Waals surface area contributed by atoms with E-state index in [4.69, 9.17) is 4.74 Å². The van der Waals surface area contributed by atoms with Crippen molar-refractivity contribution in [2.45, 2.75) is 0 Å². The first-order valence-corrected chi connectivity index (χ1v) is 6.96. The predicted molar refractivity (Wildman–Crippen MR) is 84.8 cm³/mol. The minimum absolute atomic E-state index is 0.0340. The van der Waals surface area contributed by atoms with Crippen LogP contribution in [0.4, 0.5) is 5.69 Å². The van der Waals surface area contributed by atoms with E-state index in [9.17, 15) is 14.9 Å². The Morgan fingerprint density at radius 1 is 1.12 bits per heavy atom. The number of carbonyl (C=O) groups is 1. The molecular weight excluding hydrogens is 312 g/mol. The zero-order valence-corrected chi connectivity index (χ0v) is 12.6. The largest absolute Gasteiger partial charge is 0.464 e. The van der Waals surface area contributed by atoms with E-state index in [1.807, 2.05) is 30.3 Å². The van der Waals surface area contributed by atoms with Crippen LogP contribution in [-0.4, -0.2) is 33.0 Å². The second-order valence-electron chi connectivity index (χ2n) is 4.83. The molecule has 0 aliphatic rings. The van der Waals surface area contributed by atoms with Crippen LogP contribution < -0.4 is 0 Å². The van der Waals surface area contributed by atoms with Crippen molar-refractivity contribution >= 4 is 11.7 Å². The van der Waals surface area contributed by atoms with Crippen molar-refractivity contribution in [2.75, 3.05) is 7.11 Å². The second-order valence-corrected chi connectivity index (χ2v) is 4.83. The minimum Gasteiger partial charge on any atom is -0.464 e. The molecule has 8 nitrogen and oxygen atoms in total. The van der Waals surface area contributed by atoms with E-state index in [-0.39, 0.29) is 11.4 Å². The number of non-ortho nitro benzene ring substituents is 1. The van der Waals surface area contributed by atoms with Crippen LogP contribution in [0.5, 0.6) is 0 Å². The monoisotopic (exact) mass is 324 g/mol. The van der Waals surface area contributed by atoms with Gasteiger partial charge in [-0.2, -0.15) is 0 Å². The molecule has 0 spiro atoms. The van der Waals surface area contributed by atoms with Crippen molar-refractivity contribution in [3.05, 3.63) is 70.4 Å². The van der Waals surface area contributed by atoms with Crippen molar-refractivity contribution in [1.82, 2.24) is 15.0 Å². The number of carbonyl (C=O) groups excluding carboxylic acids is 1. The second kappa shape index (κ2) is 6.29. The van der Waals surface area contributed by atoms with Gasteiger partial charge in [0.2, 0.25) is 0 Å². The van der Waals surface area contributed by atoms with Crippen LogP contribution in [-0.2, 0) is 4.74 Å². The van der Waals surface area contributed by atoms with Gasteiger partial charge < -0.3 is 4.74 Å². The summed E-state index contributed by atoms with van der Waals surface area (Å²) < 4.78 is 6.20. The zero-order chi connectivity index (χ0) is 17.1. The van der Waals surface area contributed by atoms with Crippen LogP contribution in [0.1, 0.15) is 10.5 Å². The summed E-state index contributed by atoms with van der Waals surface area (Å²) >= 11 is 0. The molecule has 1 heterocycles. The number of methoxy groups -OCH3 is 1. The molecule has 0 saturated carbocycles. The summed E-state index contributed by atoms with van der Waals surface area (Å²) in [6.07, 6.45) is 0. The number of hydrogen-bond donors (Lipinski definition) is 0. The Morgan fingerprint density at radius 2 is 1.79 bits per heavy atom. The van der Waals surface area contributed by atoms with Gasteiger partial charge in [0.1, 0.15) is 5.69 Å². The van der Waals surface area contributed by atoms with E-state index in [2.05, 4.69) is 10.3 Å². The smallest absolute Gasteiger partial charge is 0.360 e. The van der Waals surface area contributed by atoms with Crippen molar-refractivity contribution in [2.24, 2.45) is 0 Å². The highest BCUT2D eigenvalue weighted by molar-refractivity contribution is 5.94. The van der Waals surface area contributed by atoms with Gasteiger partial charge in [0.05, 0.1) is 17.7 Å². The molecule has 24 heavy (non-hydrogen) atoms. The third-order valence-electron chi connectivity index (χ3n) is 3.40. The van der Waals surface area contributed by atoms with Crippen molar-refractivity contribution in [3.8, 4) is 16.9 Å². The predicted octanol–water partition coefficient (Wildman–Crippen LogP) is 2.63. The Balaban J connectivity index is 2.16. The van der Waals surface area contributed by atoms with E-state index < -0.39 is 10.9 Å². The van der Waals surface area contributed by atoms with Gasteiger partial charge in [-0.25, -0.2) is 9.48 Å². The summed E-state index contributed by atoms with van der Waals surface area (Å²) in [6, 6.07) is 14.9. The van der Waals surface area contributed by atoms with Crippen LogP contribution in [0.3, 0.4) is 0 Å². The van der Waals surface area contributed by atoms with E-state index in [0.29, 0.717) is 11.4 Å². The van der Waals surface area contributed by atoms with Gasteiger partial charge in [0.25, 0.3) is 5.69 Å². The maximum atomic E-state index is 12.0. The van der Waals surface area contributed by atoms with E-state index >= 15 is 0 Å². The molecule has 0 aliphatic heterocycles. The SMILES string of the molecule is COC(=O)c1nnn(-c2ccc([N+](=O)[O-])cc2)c1-c1ccccc1. The number of hydrogen-bond acceptors (Lipinski definition) is 6. The maximum Gasteiger partial charge on any atom is 0.360 e. The number of rotatable bonds is 4. The van der Waals surface area contributed by atoms with Crippen molar-refractivity contribution < 1.29 is 14.5 Å². The molecule has 120 valence electrons. The average Bonchev–Trinajstić information content (AvgIpc) is 3.07. The molecule has 3 aromatic rings. The third-order valence-corrected chi connectivity index (χ3v) is 3.40. The van der Waals surface area contributed by atoms with E-state index in [0.717, 1.165) is 5.56 Å². The summed E-state index contributed by atoms with van der Waals surface area (Å²) in [5.41, 5.74) is 1.76. The highest BCUT2D eigenvalue weighted by Gasteiger charge is 2.22. The molecule has 0 fully saturated rings. The Labute approximate surface area is 136 Å². The fraction of sp³-hybridized carbons (Fsp3) is 0.0625. The van der Waals surface area contributed by atoms with Crippen LogP contribution in [0.25, 0.3) is 16.9 Å². The number of esters is 1. The summed E-state index contributed by atoms with van der Waals surface area (Å²) in [4.78, 5) is 22.3. The van der Waals surface area contributed by atoms with E-state index in [1.165, 1.54) is 23.9 Å². The minimum atomic E-state index is -0.609. The first kappa shape index (κ1) is 15.3. The molecule has 0 aliphatic carbocycles. The molecule has 8 heteroatoms. The van der Waals surface area contributed by atoms with Gasteiger partial charge in [-0.3, -0.25) is 10.1 Å². The van der Waals surface area contributed by atoms with E-state index in [1.54, 1.807) is 12.1 Å². The number of ether oxygens (including phenoxy) is 1. The zero-order valence-electron chi connectivity index (χ0n) is 12.6. The highest BCUT2D eigenvalue weighted by atomic mass is 16.6. The van der Waals surface area contributed by atoms with Gasteiger partial charge in [-0.15, -0.1) is 5.10 Å². The normalized spacial score (nSPS) is 10.4. The fourth-order valence-electron chi connectivity index (χ4n) is 2.27. The number of nitro benzene ring substituents is 1. The first-order chi connectivity index (χ1) is 11.6. The van der Waals surface area contributed by atoms with Crippen LogP contribution in [0, 0.1) is 10.1 Å².